The molecule has 1 N–H and O–H groups in total. The summed E-state index contributed by atoms with van der Waals surface area (Å²) in [4.78, 5) is 17.9. The molecular formula is C20H20ClN3O. The first kappa shape index (κ1) is 16.2. The predicted molar refractivity (Wildman–Crippen MR) is 103 cm³/mol. The van der Waals surface area contributed by atoms with E-state index in [4.69, 9.17) is 16.6 Å². The first-order valence-corrected chi connectivity index (χ1v) is 9.14. The molecule has 0 amide bonds. The summed E-state index contributed by atoms with van der Waals surface area (Å²) < 4.78 is 1.66. The van der Waals surface area contributed by atoms with Gasteiger partial charge in [0.1, 0.15) is 0 Å². The molecule has 0 bridgehead atoms. The van der Waals surface area contributed by atoms with Crippen molar-refractivity contribution >= 4 is 28.5 Å². The number of benzene rings is 2. The third-order valence-electron chi connectivity index (χ3n) is 4.80. The Bertz CT molecular complexity index is 943. The molecule has 0 spiro atoms. The van der Waals surface area contributed by atoms with Gasteiger partial charge in [-0.1, -0.05) is 43.0 Å². The summed E-state index contributed by atoms with van der Waals surface area (Å²) in [6, 6.07) is 15.1. The number of nitrogens with one attached hydrogen (secondary N) is 1. The molecule has 1 fully saturated rings. The highest BCUT2D eigenvalue weighted by atomic mass is 35.5. The molecule has 0 atom stereocenters. The van der Waals surface area contributed by atoms with Gasteiger partial charge in [-0.15, -0.1) is 0 Å². The molecule has 1 heterocycles. The van der Waals surface area contributed by atoms with E-state index in [1.807, 2.05) is 36.4 Å². The van der Waals surface area contributed by atoms with Crippen LogP contribution >= 0.6 is 11.6 Å². The molecular weight excluding hydrogens is 334 g/mol. The normalized spacial score (nSPS) is 15.4. The van der Waals surface area contributed by atoms with Gasteiger partial charge in [-0.25, -0.2) is 9.55 Å². The van der Waals surface area contributed by atoms with Crippen LogP contribution in [0.3, 0.4) is 0 Å². The second-order valence-corrected chi connectivity index (χ2v) is 6.99. The van der Waals surface area contributed by atoms with Gasteiger partial charge in [-0.3, -0.25) is 4.79 Å². The van der Waals surface area contributed by atoms with E-state index < -0.39 is 0 Å². The van der Waals surface area contributed by atoms with Gasteiger partial charge in [0.05, 0.1) is 16.6 Å². The third-order valence-corrected chi connectivity index (χ3v) is 5.05. The summed E-state index contributed by atoms with van der Waals surface area (Å²) in [5.74, 6) is 0.609. The van der Waals surface area contributed by atoms with Gasteiger partial charge in [-0.2, -0.15) is 0 Å². The SMILES string of the molecule is O=c1c2ccccc2nc(NC2CCCCC2)n1-c1ccc(Cl)cc1. The lowest BCUT2D eigenvalue weighted by Crippen LogP contribution is -2.29. The van der Waals surface area contributed by atoms with Crippen LogP contribution in [-0.4, -0.2) is 15.6 Å². The largest absolute Gasteiger partial charge is 0.353 e. The van der Waals surface area contributed by atoms with E-state index in [0.717, 1.165) is 24.0 Å². The number of halogens is 1. The summed E-state index contributed by atoms with van der Waals surface area (Å²) in [5, 5.41) is 4.78. The van der Waals surface area contributed by atoms with Gasteiger partial charge in [0.15, 0.2) is 0 Å². The van der Waals surface area contributed by atoms with Crippen LogP contribution in [0.15, 0.2) is 53.3 Å². The van der Waals surface area contributed by atoms with Crippen LogP contribution in [0.4, 0.5) is 5.95 Å². The Kier molecular flexibility index (Phi) is 4.45. The summed E-state index contributed by atoms with van der Waals surface area (Å²) in [6.07, 6.45) is 5.95. The third kappa shape index (κ3) is 3.27. The van der Waals surface area contributed by atoms with Gasteiger partial charge in [0.25, 0.3) is 5.56 Å². The van der Waals surface area contributed by atoms with E-state index in [9.17, 15) is 4.79 Å². The lowest BCUT2D eigenvalue weighted by Gasteiger charge is -2.25. The molecule has 1 aliphatic rings. The van der Waals surface area contributed by atoms with Gasteiger partial charge in [0.2, 0.25) is 5.95 Å². The molecule has 5 heteroatoms. The summed E-state index contributed by atoms with van der Waals surface area (Å²) in [7, 11) is 0. The number of hydrogen-bond acceptors (Lipinski definition) is 3. The van der Waals surface area contributed by atoms with Crippen molar-refractivity contribution in [1.82, 2.24) is 9.55 Å². The van der Waals surface area contributed by atoms with Gasteiger partial charge < -0.3 is 5.32 Å². The average molecular weight is 354 g/mol. The first-order chi connectivity index (χ1) is 12.2. The van der Waals surface area contributed by atoms with E-state index in [-0.39, 0.29) is 5.56 Å². The zero-order chi connectivity index (χ0) is 17.2. The molecule has 128 valence electrons. The molecule has 4 rings (SSSR count). The molecule has 0 radical (unpaired) electrons. The minimum atomic E-state index is -0.0637. The monoisotopic (exact) mass is 353 g/mol. The predicted octanol–water partition coefficient (Wildman–Crippen LogP) is 4.78. The fourth-order valence-corrected chi connectivity index (χ4v) is 3.61. The summed E-state index contributed by atoms with van der Waals surface area (Å²) >= 11 is 6.01. The van der Waals surface area contributed by atoms with Crippen molar-refractivity contribution in [3.63, 3.8) is 0 Å². The topological polar surface area (TPSA) is 46.9 Å². The number of rotatable bonds is 3. The second kappa shape index (κ2) is 6.89. The van der Waals surface area contributed by atoms with Crippen molar-refractivity contribution in [3.8, 4) is 5.69 Å². The summed E-state index contributed by atoms with van der Waals surface area (Å²) in [5.41, 5.74) is 1.42. The molecule has 3 aromatic rings. The van der Waals surface area contributed by atoms with Crippen molar-refractivity contribution in [2.24, 2.45) is 0 Å². The van der Waals surface area contributed by atoms with Crippen LogP contribution in [0.1, 0.15) is 32.1 Å². The fourth-order valence-electron chi connectivity index (χ4n) is 3.49. The Morgan fingerprint density at radius 2 is 1.72 bits per heavy atom. The number of para-hydroxylation sites is 1. The average Bonchev–Trinajstić information content (AvgIpc) is 2.64. The highest BCUT2D eigenvalue weighted by Gasteiger charge is 2.18. The van der Waals surface area contributed by atoms with E-state index in [1.165, 1.54) is 19.3 Å². The van der Waals surface area contributed by atoms with Crippen molar-refractivity contribution in [2.75, 3.05) is 5.32 Å². The minimum Gasteiger partial charge on any atom is -0.353 e. The summed E-state index contributed by atoms with van der Waals surface area (Å²) in [6.45, 7) is 0. The highest BCUT2D eigenvalue weighted by Crippen LogP contribution is 2.23. The van der Waals surface area contributed by atoms with Crippen LogP contribution in [-0.2, 0) is 0 Å². The zero-order valence-electron chi connectivity index (χ0n) is 13.9. The maximum Gasteiger partial charge on any atom is 0.267 e. The number of nitrogens with zero attached hydrogens (tertiary/aromatic N) is 2. The van der Waals surface area contributed by atoms with Crippen LogP contribution in [0.25, 0.3) is 16.6 Å². The Morgan fingerprint density at radius 1 is 1.00 bits per heavy atom. The maximum absolute atomic E-state index is 13.1. The maximum atomic E-state index is 13.1. The van der Waals surface area contributed by atoms with Crippen molar-refractivity contribution in [2.45, 2.75) is 38.1 Å². The Balaban J connectivity index is 1.87. The molecule has 25 heavy (non-hydrogen) atoms. The first-order valence-electron chi connectivity index (χ1n) is 8.77. The van der Waals surface area contributed by atoms with E-state index in [0.29, 0.717) is 22.4 Å². The molecule has 0 unspecified atom stereocenters. The second-order valence-electron chi connectivity index (χ2n) is 6.55. The smallest absolute Gasteiger partial charge is 0.267 e. The van der Waals surface area contributed by atoms with Gasteiger partial charge >= 0.3 is 0 Å². The highest BCUT2D eigenvalue weighted by molar-refractivity contribution is 6.30. The van der Waals surface area contributed by atoms with E-state index in [2.05, 4.69) is 5.32 Å². The minimum absolute atomic E-state index is 0.0637. The van der Waals surface area contributed by atoms with Crippen LogP contribution < -0.4 is 10.9 Å². The number of hydrogen-bond donors (Lipinski definition) is 1. The van der Waals surface area contributed by atoms with Gasteiger partial charge in [0, 0.05) is 11.1 Å². The van der Waals surface area contributed by atoms with E-state index >= 15 is 0 Å². The zero-order valence-corrected chi connectivity index (χ0v) is 14.7. The molecule has 4 nitrogen and oxygen atoms in total. The molecule has 1 saturated carbocycles. The standard InChI is InChI=1S/C20H20ClN3O/c21-14-10-12-16(13-11-14)24-19(25)17-8-4-5-9-18(17)23-20(24)22-15-6-2-1-3-7-15/h4-5,8-13,15H,1-3,6-7H2,(H,22,23). The van der Waals surface area contributed by atoms with Crippen molar-refractivity contribution in [3.05, 3.63) is 63.9 Å². The van der Waals surface area contributed by atoms with Crippen LogP contribution in [0.5, 0.6) is 0 Å². The Labute approximate surface area is 151 Å². The molecule has 1 aliphatic carbocycles. The number of aromatic nitrogens is 2. The van der Waals surface area contributed by atoms with Crippen molar-refractivity contribution in [1.29, 1.82) is 0 Å². The fraction of sp³-hybridized carbons (Fsp3) is 0.300. The van der Waals surface area contributed by atoms with Gasteiger partial charge in [-0.05, 0) is 49.2 Å². The number of anilines is 1. The molecule has 1 aromatic heterocycles. The van der Waals surface area contributed by atoms with E-state index in [1.54, 1.807) is 16.7 Å². The molecule has 0 saturated heterocycles. The van der Waals surface area contributed by atoms with Crippen LogP contribution in [0.2, 0.25) is 5.02 Å². The van der Waals surface area contributed by atoms with Crippen molar-refractivity contribution < 1.29 is 0 Å². The number of fused-ring (bicyclic) bond motifs is 1. The Hall–Kier alpha value is -2.33. The Morgan fingerprint density at radius 3 is 2.48 bits per heavy atom. The lowest BCUT2D eigenvalue weighted by atomic mass is 9.96. The van der Waals surface area contributed by atoms with Crippen LogP contribution in [0, 0.1) is 0 Å². The lowest BCUT2D eigenvalue weighted by molar-refractivity contribution is 0.460. The quantitative estimate of drug-likeness (QED) is 0.736. The molecule has 2 aromatic carbocycles. The molecule has 0 aliphatic heterocycles.